The van der Waals surface area contributed by atoms with Crippen LogP contribution in [-0.4, -0.2) is 201 Å². The second kappa shape index (κ2) is 40.9. The van der Waals surface area contributed by atoms with Crippen molar-refractivity contribution in [2.75, 3.05) is 49.1 Å². The fraction of sp³-hybridized carbons (Fsp3) is 0.438. The van der Waals surface area contributed by atoms with Gasteiger partial charge in [-0.3, -0.25) is 42.4 Å². The molecule has 0 bridgehead atoms. The number of carbonyl (C=O) groups is 8. The van der Waals surface area contributed by atoms with Crippen LogP contribution in [0.2, 0.25) is 14.4 Å². The van der Waals surface area contributed by atoms with Gasteiger partial charge in [0.1, 0.15) is 28.9 Å². The summed E-state index contributed by atoms with van der Waals surface area (Å²) in [5.41, 5.74) is 6.34. The highest BCUT2D eigenvalue weighted by molar-refractivity contribution is 7.91. The van der Waals surface area contributed by atoms with E-state index in [-0.39, 0.29) is 109 Å². The Morgan fingerprint density at radius 2 is 1.36 bits per heavy atom. The van der Waals surface area contributed by atoms with Crippen molar-refractivity contribution in [1.29, 1.82) is 0 Å². The smallest absolute Gasteiger partial charge is 0.326 e. The number of halogens is 3. The molecular weight excluding hydrogens is 1770 g/mol. The van der Waals surface area contributed by atoms with E-state index in [9.17, 15) is 109 Å². The number of aryl methyl sites for hydroxylation is 1. The number of hydrogen-bond donors (Lipinski definition) is 11. The molecule has 5 aromatic rings. The molecule has 3 aliphatic heterocycles. The lowest BCUT2D eigenvalue weighted by Gasteiger charge is -2.28. The number of likely N-dealkylation sites (tertiary alicyclic amines) is 1. The number of amides is 6. The highest BCUT2D eigenvalue weighted by Crippen LogP contribution is 2.50. The number of carboxylic acid groups (broad SMARTS) is 2. The van der Waals surface area contributed by atoms with Crippen LogP contribution in [0.5, 0.6) is 0 Å². The minimum atomic E-state index is -4.64. The van der Waals surface area contributed by atoms with E-state index in [4.69, 9.17) is 39.9 Å². The van der Waals surface area contributed by atoms with Crippen molar-refractivity contribution in [2.45, 2.75) is 192 Å². The van der Waals surface area contributed by atoms with Gasteiger partial charge in [0.25, 0.3) is 36.3 Å². The highest BCUT2D eigenvalue weighted by Gasteiger charge is 2.47. The van der Waals surface area contributed by atoms with Crippen molar-refractivity contribution in [3.63, 3.8) is 0 Å². The molecule has 662 valence electrons. The summed E-state index contributed by atoms with van der Waals surface area (Å²) in [4.78, 5) is 108. The van der Waals surface area contributed by atoms with E-state index in [1.54, 1.807) is 12.1 Å². The van der Waals surface area contributed by atoms with Crippen molar-refractivity contribution >= 4 is 167 Å². The number of allylic oxidation sites excluding steroid dienone is 8. The number of anilines is 1. The highest BCUT2D eigenvalue weighted by atomic mass is 35.5. The third kappa shape index (κ3) is 26.2. The Hall–Kier alpha value is -8.81. The maximum Gasteiger partial charge on any atom is 0.326 e. The van der Waals surface area contributed by atoms with E-state index in [0.29, 0.717) is 101 Å². The Morgan fingerprint density at radius 3 is 2.02 bits per heavy atom. The van der Waals surface area contributed by atoms with Gasteiger partial charge in [-0.25, -0.2) is 31.6 Å². The number of aliphatic carboxylic acids is 2. The molecule has 6 amide bonds. The van der Waals surface area contributed by atoms with Gasteiger partial charge in [-0.05, 0) is 191 Å². The normalized spacial score (nSPS) is 17.8. The van der Waals surface area contributed by atoms with Crippen LogP contribution >= 0.6 is 46.1 Å². The Labute approximate surface area is 726 Å². The first-order valence-corrected chi connectivity index (χ1v) is 48.5. The van der Waals surface area contributed by atoms with Crippen molar-refractivity contribution in [1.82, 2.24) is 31.5 Å². The maximum absolute atomic E-state index is 14.0. The summed E-state index contributed by atoms with van der Waals surface area (Å²) in [5.74, 6) is -8.87. The molecule has 4 atom stereocenters. The number of nitrogens with two attached hydrogens (primary N) is 1. The molecule has 4 aliphatic rings. The van der Waals surface area contributed by atoms with Crippen LogP contribution in [0.3, 0.4) is 0 Å². The predicted molar refractivity (Wildman–Crippen MR) is 456 cm³/mol. The van der Waals surface area contributed by atoms with Crippen molar-refractivity contribution in [2.24, 2.45) is 5.14 Å². The summed E-state index contributed by atoms with van der Waals surface area (Å²) in [7, 11) is -22.6. The second-order valence-electron chi connectivity index (χ2n) is 31.1. The molecule has 122 heavy (non-hydrogen) atoms. The molecular formula is C80H96Cl3N9O24S6. The summed E-state index contributed by atoms with van der Waals surface area (Å²) in [6.45, 7) is 7.44. The summed E-state index contributed by atoms with van der Waals surface area (Å²) in [5, 5.41) is 38.4. The summed E-state index contributed by atoms with van der Waals surface area (Å²) >= 11 is 18.9. The zero-order valence-corrected chi connectivity index (χ0v) is 74.0. The first-order chi connectivity index (χ1) is 57.0. The number of nitrogens with zero attached hydrogens (tertiary/aromatic N) is 3. The number of nitrogens with one attached hydrogen (secondary N) is 5. The first-order valence-electron chi connectivity index (χ1n) is 38.9. The van der Waals surface area contributed by atoms with Crippen LogP contribution in [0.4, 0.5) is 11.4 Å². The van der Waals surface area contributed by atoms with Crippen LogP contribution in [0.1, 0.15) is 169 Å². The number of fused-ring (bicyclic) bond motifs is 2. The molecule has 1 aliphatic carbocycles. The monoisotopic (exact) mass is 1860 g/mol. The van der Waals surface area contributed by atoms with E-state index in [2.05, 4.69) is 32.7 Å². The number of primary sulfonamides is 1. The summed E-state index contributed by atoms with van der Waals surface area (Å²) < 4.78 is 165. The molecule has 9 rings (SSSR count). The molecule has 1 fully saturated rings. The zero-order chi connectivity index (χ0) is 89.8. The first kappa shape index (κ1) is 97.0. The molecule has 1 saturated heterocycles. The lowest BCUT2D eigenvalue weighted by atomic mass is 9.79. The van der Waals surface area contributed by atoms with Gasteiger partial charge in [0.15, 0.2) is 5.71 Å². The fourth-order valence-corrected chi connectivity index (χ4v) is 20.4. The number of benzene rings is 4. The molecule has 4 heterocycles. The van der Waals surface area contributed by atoms with Crippen molar-refractivity contribution in [3.05, 3.63) is 174 Å². The van der Waals surface area contributed by atoms with Gasteiger partial charge in [0.05, 0.1) is 53.8 Å². The number of carboxylic acids is 2. The Bertz CT molecular complexity index is 5690. The Morgan fingerprint density at radius 1 is 0.680 bits per heavy atom. The average Bonchev–Trinajstić information content (AvgIpc) is 1.59. The maximum atomic E-state index is 14.0. The summed E-state index contributed by atoms with van der Waals surface area (Å²) in [6.07, 6.45) is 10.4. The van der Waals surface area contributed by atoms with Crippen LogP contribution in [-0.2, 0) is 108 Å². The van der Waals surface area contributed by atoms with Crippen molar-refractivity contribution < 1.29 is 113 Å². The number of thiophene rings is 1. The van der Waals surface area contributed by atoms with E-state index in [0.717, 1.165) is 38.8 Å². The van der Waals surface area contributed by atoms with Crippen LogP contribution in [0.15, 0.2) is 140 Å². The van der Waals surface area contributed by atoms with Gasteiger partial charge in [0.2, 0.25) is 45.2 Å². The van der Waals surface area contributed by atoms with E-state index >= 15 is 0 Å². The second-order valence-corrected chi connectivity index (χ2v) is 41.4. The van der Waals surface area contributed by atoms with Crippen LogP contribution in [0.25, 0.3) is 5.57 Å². The molecule has 0 radical (unpaired) electrons. The van der Waals surface area contributed by atoms with Crippen molar-refractivity contribution in [3.8, 4) is 0 Å². The predicted octanol–water partition coefficient (Wildman–Crippen LogP) is 8.70. The standard InChI is InChI=1S/C80H96Cl3N9O24S6/c1-79(2)58-43-55(121(111,112)113)26-28-63(58)90(35-9-11-37-118(103,104)105)66(79)30-23-49-17-14-18-50(24-31-67-80(3,4)59-44-56(122(114,115)116)27-29-64(59)91(67)36-10-12-38-119(106,107)108)73(49)52-19-13-16-48(39-52)15-5-6-21-69(93)85-33-8-7-20-61(76(99)100)88-72(96)46-62(77(101)102)89-70(94)32-34-86-74(97)65-42-54(87-71(95)40-51-22-25-53(81)41-60(51)82)47-92(65)75(98)57-45-68(83)117-78(57)120(84,109)110/h13,16,19,22-31,39,41,43-45,54,61-62,65H,5-12,14-15,17-18,20-21,32-38,40,42,46-47H2,1-4H3,(H12-,84,85,86,87,88,89,93,94,95,96,97,99,100,101,102,103,104,105,106,107,108,109,110,111,112,113,114,115,116)/t54-,61+,62+,65-/m1/s1. The minimum absolute atomic E-state index is 0.0425. The number of sulfonamides is 1. The molecule has 4 aromatic carbocycles. The average molecular weight is 1870 g/mol. The van der Waals surface area contributed by atoms with E-state index in [1.165, 1.54) is 42.5 Å². The largest absolute Gasteiger partial charge is 0.748 e. The SMILES string of the molecule is CC1(C)C(/C=C/C2=C(c3cccc(CCCCC(=O)NCCCC[C@H](NC(=O)C[C@H](NC(=O)CCNC(=O)[C@H]4C[C@@H](NC(=O)Cc5ccc(Cl)cc5Cl)CN4C(=O)c4cc(Cl)sc4S(N)(=O)=O)C(=O)O)C(=O)O)c3)C(=C/C=C3/N(CCCCS(=O)(=O)[O-])c4ccc(S(=O)(=O)O)cc4C3(C)C)/CCC2)=[N+](CCCCS(=O)(=O)O)c2ccc(S(=O)(=O)O)cc21. The number of hydrogen-bond acceptors (Lipinski definition) is 21. The zero-order valence-electron chi connectivity index (χ0n) is 66.9. The lowest BCUT2D eigenvalue weighted by Crippen LogP contribution is -2.48. The topological polar surface area (TPSA) is 527 Å². The van der Waals surface area contributed by atoms with Gasteiger partial charge in [-0.2, -0.15) is 29.8 Å². The van der Waals surface area contributed by atoms with E-state index < -0.39 is 168 Å². The lowest BCUT2D eigenvalue weighted by molar-refractivity contribution is -0.438. The van der Waals surface area contributed by atoms with Crippen LogP contribution in [0, 0.1) is 0 Å². The van der Waals surface area contributed by atoms with Gasteiger partial charge >= 0.3 is 11.9 Å². The van der Waals surface area contributed by atoms with E-state index in [1.807, 2.05) is 79.7 Å². The number of rotatable bonds is 41. The van der Waals surface area contributed by atoms with Gasteiger partial charge in [-0.1, -0.05) is 91.1 Å². The Kier molecular flexibility index (Phi) is 32.5. The molecule has 12 N–H and O–H groups in total. The summed E-state index contributed by atoms with van der Waals surface area (Å²) in [6, 6.07) is 16.3. The quantitative estimate of drug-likeness (QED) is 0.00989. The number of carbonyl (C=O) groups excluding carboxylic acids is 6. The third-order valence-electron chi connectivity index (χ3n) is 21.4. The molecule has 33 nitrogen and oxygen atoms in total. The Balaban J connectivity index is 0.819. The third-order valence-corrected chi connectivity index (χ3v) is 28.1. The molecule has 0 spiro atoms. The molecule has 1 aromatic heterocycles. The van der Waals surface area contributed by atoms with Gasteiger partial charge in [0, 0.05) is 102 Å². The molecule has 42 heteroatoms. The van der Waals surface area contributed by atoms with Crippen LogP contribution < -0.4 is 36.6 Å². The number of unbranched alkanes of at least 4 members (excludes halogenated alkanes) is 4. The minimum Gasteiger partial charge on any atom is -0.748 e. The molecule has 0 unspecified atom stereocenters. The van der Waals surface area contributed by atoms with Gasteiger partial charge < -0.3 is 51.1 Å². The van der Waals surface area contributed by atoms with Gasteiger partial charge in [-0.15, -0.1) is 11.3 Å². The fourth-order valence-electron chi connectivity index (χ4n) is 15.5. The molecule has 0 saturated carbocycles.